The van der Waals surface area contributed by atoms with Crippen molar-refractivity contribution in [1.82, 2.24) is 4.31 Å². The number of hydrogen-bond acceptors (Lipinski definition) is 6. The van der Waals surface area contributed by atoms with E-state index in [0.717, 1.165) is 7.05 Å². The lowest BCUT2D eigenvalue weighted by Crippen LogP contribution is -2.46. The molecule has 0 saturated heterocycles. The standard InChI is InChI=1S/C15H18F6N2O5S/c1-13(2,3)28-12(24)23(4)29(25,26)8-5-6-10(9(22)7-8)27-11(14(16,17)18)15(19,20)21/h5-7,11H,22H2,1-4H3. The Labute approximate surface area is 162 Å². The predicted molar refractivity (Wildman–Crippen MR) is 88.6 cm³/mol. The van der Waals surface area contributed by atoms with Gasteiger partial charge in [-0.05, 0) is 39.0 Å². The van der Waals surface area contributed by atoms with Gasteiger partial charge in [0.25, 0.3) is 16.1 Å². The van der Waals surface area contributed by atoms with Gasteiger partial charge in [-0.25, -0.2) is 17.5 Å². The summed E-state index contributed by atoms with van der Waals surface area (Å²) in [5.74, 6) is -1.04. The number of alkyl halides is 6. The number of anilines is 1. The Morgan fingerprint density at radius 2 is 1.55 bits per heavy atom. The second-order valence-electron chi connectivity index (χ2n) is 6.73. The van der Waals surface area contributed by atoms with Crippen LogP contribution in [0.2, 0.25) is 0 Å². The van der Waals surface area contributed by atoms with Crippen molar-refractivity contribution in [2.24, 2.45) is 0 Å². The molecule has 0 aliphatic heterocycles. The second kappa shape index (κ2) is 7.80. The Morgan fingerprint density at radius 1 is 1.07 bits per heavy atom. The molecular weight excluding hydrogens is 434 g/mol. The number of nitrogens with zero attached hydrogens (tertiary/aromatic N) is 1. The molecule has 2 N–H and O–H groups in total. The van der Waals surface area contributed by atoms with Gasteiger partial charge in [-0.2, -0.15) is 26.3 Å². The number of nitrogens with two attached hydrogens (primary N) is 1. The molecule has 7 nitrogen and oxygen atoms in total. The lowest BCUT2D eigenvalue weighted by atomic mass is 10.2. The average Bonchev–Trinajstić information content (AvgIpc) is 2.48. The molecule has 0 aliphatic rings. The van der Waals surface area contributed by atoms with E-state index >= 15 is 0 Å². The molecular formula is C15H18F6N2O5S. The molecule has 1 rings (SSSR count). The Kier molecular flexibility index (Phi) is 6.63. The van der Waals surface area contributed by atoms with E-state index < -0.39 is 56.5 Å². The summed E-state index contributed by atoms with van der Waals surface area (Å²) in [6.07, 6.45) is -17.0. The highest BCUT2D eigenvalue weighted by Crippen LogP contribution is 2.38. The summed E-state index contributed by atoms with van der Waals surface area (Å²) in [5, 5.41) is 0. The fourth-order valence-corrected chi connectivity index (χ4v) is 2.89. The Morgan fingerprint density at radius 3 is 1.93 bits per heavy atom. The maximum atomic E-state index is 12.6. The van der Waals surface area contributed by atoms with E-state index in [1.807, 2.05) is 0 Å². The molecule has 1 amide bonds. The molecule has 29 heavy (non-hydrogen) atoms. The third kappa shape index (κ3) is 6.30. The minimum atomic E-state index is -5.79. The van der Waals surface area contributed by atoms with Crippen LogP contribution < -0.4 is 10.5 Å². The van der Waals surface area contributed by atoms with Gasteiger partial charge in [-0.3, -0.25) is 0 Å². The highest BCUT2D eigenvalue weighted by Gasteiger charge is 2.59. The van der Waals surface area contributed by atoms with Gasteiger partial charge in [0.15, 0.2) is 0 Å². The topological polar surface area (TPSA) is 98.9 Å². The van der Waals surface area contributed by atoms with Crippen molar-refractivity contribution in [3.05, 3.63) is 18.2 Å². The van der Waals surface area contributed by atoms with Crippen molar-refractivity contribution in [1.29, 1.82) is 0 Å². The van der Waals surface area contributed by atoms with Crippen molar-refractivity contribution < 1.29 is 49.0 Å². The lowest BCUT2D eigenvalue weighted by molar-refractivity contribution is -0.299. The molecule has 0 fully saturated rings. The fourth-order valence-electron chi connectivity index (χ4n) is 1.82. The molecule has 0 radical (unpaired) electrons. The number of carbonyl (C=O) groups is 1. The Bertz CT molecular complexity index is 847. The van der Waals surface area contributed by atoms with E-state index in [0.29, 0.717) is 18.2 Å². The van der Waals surface area contributed by atoms with Gasteiger partial charge in [0.1, 0.15) is 11.4 Å². The molecule has 0 heterocycles. The number of sulfonamides is 1. The van der Waals surface area contributed by atoms with Crippen LogP contribution in [0.25, 0.3) is 0 Å². The first-order chi connectivity index (χ1) is 12.8. The molecule has 1 aromatic rings. The van der Waals surface area contributed by atoms with Crippen LogP contribution in [0.15, 0.2) is 23.1 Å². The van der Waals surface area contributed by atoms with Crippen LogP contribution in [0.5, 0.6) is 5.75 Å². The van der Waals surface area contributed by atoms with Crippen LogP contribution in [-0.4, -0.2) is 49.9 Å². The SMILES string of the molecule is CN(C(=O)OC(C)(C)C)S(=O)(=O)c1ccc(OC(C(F)(F)F)C(F)(F)F)c(N)c1. The normalized spacial score (nSPS) is 13.3. The largest absolute Gasteiger partial charge is 0.469 e. The number of carbonyl (C=O) groups excluding carboxylic acids is 1. The molecule has 0 saturated carbocycles. The summed E-state index contributed by atoms with van der Waals surface area (Å²) in [4.78, 5) is 11.2. The first-order valence-corrected chi connectivity index (χ1v) is 9.12. The number of halogens is 6. The molecule has 14 heteroatoms. The zero-order chi connectivity index (χ0) is 23.0. The third-order valence-corrected chi connectivity index (χ3v) is 4.85. The maximum Gasteiger partial charge on any atom is 0.434 e. The molecule has 0 unspecified atom stereocenters. The van der Waals surface area contributed by atoms with E-state index in [1.165, 1.54) is 20.8 Å². The van der Waals surface area contributed by atoms with Gasteiger partial charge in [0.2, 0.25) is 0 Å². The van der Waals surface area contributed by atoms with Gasteiger partial charge in [-0.1, -0.05) is 0 Å². The molecule has 166 valence electrons. The summed E-state index contributed by atoms with van der Waals surface area (Å²) in [6, 6.07) is 1.73. The molecule has 1 aromatic carbocycles. The number of amides is 1. The first kappa shape index (κ1) is 24.7. The van der Waals surface area contributed by atoms with Crippen molar-refractivity contribution in [3.8, 4) is 5.75 Å². The fraction of sp³-hybridized carbons (Fsp3) is 0.533. The third-order valence-electron chi connectivity index (χ3n) is 3.13. The maximum absolute atomic E-state index is 12.6. The van der Waals surface area contributed by atoms with Crippen LogP contribution in [0.3, 0.4) is 0 Å². The minimum Gasteiger partial charge on any atom is -0.469 e. The van der Waals surface area contributed by atoms with Crippen molar-refractivity contribution in [2.45, 2.75) is 49.7 Å². The van der Waals surface area contributed by atoms with E-state index in [1.54, 1.807) is 0 Å². The van der Waals surface area contributed by atoms with Crippen LogP contribution >= 0.6 is 0 Å². The van der Waals surface area contributed by atoms with Crippen LogP contribution in [0.1, 0.15) is 20.8 Å². The van der Waals surface area contributed by atoms with Crippen LogP contribution in [-0.2, 0) is 14.8 Å². The van der Waals surface area contributed by atoms with Crippen molar-refractivity contribution in [2.75, 3.05) is 12.8 Å². The summed E-state index contributed by atoms with van der Waals surface area (Å²) in [5.41, 5.74) is 3.53. The summed E-state index contributed by atoms with van der Waals surface area (Å²) in [7, 11) is -3.70. The number of hydrogen-bond donors (Lipinski definition) is 1. The molecule has 0 bridgehead atoms. The van der Waals surface area contributed by atoms with Gasteiger partial charge < -0.3 is 15.2 Å². The highest BCUT2D eigenvalue weighted by atomic mass is 32.2. The summed E-state index contributed by atoms with van der Waals surface area (Å²) < 4.78 is 109. The number of nitrogen functional groups attached to an aromatic ring is 1. The number of benzene rings is 1. The Hall–Kier alpha value is -2.38. The van der Waals surface area contributed by atoms with E-state index in [2.05, 4.69) is 4.74 Å². The van der Waals surface area contributed by atoms with Gasteiger partial charge in [-0.15, -0.1) is 0 Å². The zero-order valence-corrected chi connectivity index (χ0v) is 16.4. The predicted octanol–water partition coefficient (Wildman–Crippen LogP) is 3.70. The van der Waals surface area contributed by atoms with E-state index in [9.17, 15) is 39.6 Å². The molecule has 0 atom stereocenters. The minimum absolute atomic E-state index is 0.210. The van der Waals surface area contributed by atoms with Crippen LogP contribution in [0, 0.1) is 0 Å². The quantitative estimate of drug-likeness (QED) is 0.553. The average molecular weight is 452 g/mol. The summed E-state index contributed by atoms with van der Waals surface area (Å²) in [6.45, 7) is 4.44. The number of rotatable bonds is 4. The van der Waals surface area contributed by atoms with Crippen molar-refractivity contribution >= 4 is 21.8 Å². The van der Waals surface area contributed by atoms with Crippen LogP contribution in [0.4, 0.5) is 36.8 Å². The van der Waals surface area contributed by atoms with Gasteiger partial charge in [0.05, 0.1) is 10.6 Å². The number of ether oxygens (including phenoxy) is 2. The van der Waals surface area contributed by atoms with Crippen molar-refractivity contribution in [3.63, 3.8) is 0 Å². The van der Waals surface area contributed by atoms with E-state index in [4.69, 9.17) is 10.5 Å². The highest BCUT2D eigenvalue weighted by molar-refractivity contribution is 7.89. The Balaban J connectivity index is 3.21. The molecule has 0 spiro atoms. The zero-order valence-electron chi connectivity index (χ0n) is 15.6. The smallest absolute Gasteiger partial charge is 0.434 e. The van der Waals surface area contributed by atoms with Gasteiger partial charge in [0, 0.05) is 7.05 Å². The monoisotopic (exact) mass is 452 g/mol. The summed E-state index contributed by atoms with van der Waals surface area (Å²) >= 11 is 0. The van der Waals surface area contributed by atoms with E-state index in [-0.39, 0.29) is 4.31 Å². The lowest BCUT2D eigenvalue weighted by Gasteiger charge is -2.25. The molecule has 0 aliphatic carbocycles. The second-order valence-corrected chi connectivity index (χ2v) is 8.70. The molecule has 0 aromatic heterocycles. The first-order valence-electron chi connectivity index (χ1n) is 7.68. The van der Waals surface area contributed by atoms with Gasteiger partial charge >= 0.3 is 18.4 Å².